The van der Waals surface area contributed by atoms with E-state index < -0.39 is 11.7 Å². The number of rotatable bonds is 0. The molecule has 5 heteroatoms. The average Bonchev–Trinajstić information content (AvgIpc) is 1.80. The second kappa shape index (κ2) is 2.02. The molecule has 0 saturated carbocycles. The van der Waals surface area contributed by atoms with Crippen LogP contribution < -0.4 is 5.32 Å². The molecule has 0 radical (unpaired) electrons. The van der Waals surface area contributed by atoms with Crippen molar-refractivity contribution >= 4 is 35.2 Å². The molecular weight excluding hydrogens is 140 g/mol. The van der Waals surface area contributed by atoms with Crippen molar-refractivity contribution < 1.29 is 9.59 Å². The highest BCUT2D eigenvalue weighted by molar-refractivity contribution is 7.80. The first-order valence-corrected chi connectivity index (χ1v) is 2.54. The number of amides is 1. The molecule has 0 aromatic carbocycles. The van der Waals surface area contributed by atoms with Gasteiger partial charge in [0.2, 0.25) is 0 Å². The van der Waals surface area contributed by atoms with E-state index in [9.17, 15) is 9.59 Å². The smallest absolute Gasteiger partial charge is 0.294 e. The minimum absolute atomic E-state index is 0.0413. The summed E-state index contributed by atoms with van der Waals surface area (Å²) in [7, 11) is 0. The fourth-order valence-corrected chi connectivity index (χ4v) is 0.512. The number of nitrogens with one attached hydrogen (secondary N) is 1. The quantitative estimate of drug-likeness (QED) is 0.350. The highest BCUT2D eigenvalue weighted by atomic mass is 32.1. The molecule has 9 heavy (non-hydrogen) atoms. The van der Waals surface area contributed by atoms with Gasteiger partial charge in [-0.15, -0.1) is 0 Å². The van der Waals surface area contributed by atoms with Crippen LogP contribution in [0.3, 0.4) is 0 Å². The van der Waals surface area contributed by atoms with E-state index in [1.807, 2.05) is 0 Å². The molecule has 0 saturated heterocycles. The van der Waals surface area contributed by atoms with Crippen LogP contribution in [0.5, 0.6) is 0 Å². The predicted molar refractivity (Wildman–Crippen MR) is 34.2 cm³/mol. The number of aliphatic imine (C=N–C) groups is 1. The predicted octanol–water partition coefficient (Wildman–Crippen LogP) is -0.959. The topological polar surface area (TPSA) is 58.5 Å². The van der Waals surface area contributed by atoms with Crippen LogP contribution >= 0.6 is 12.2 Å². The first-order valence-electron chi connectivity index (χ1n) is 2.13. The molecule has 46 valence electrons. The summed E-state index contributed by atoms with van der Waals surface area (Å²) >= 11 is 4.45. The second-order valence-corrected chi connectivity index (χ2v) is 1.77. The van der Waals surface area contributed by atoms with Gasteiger partial charge in [0, 0.05) is 0 Å². The van der Waals surface area contributed by atoms with Crippen LogP contribution in [-0.2, 0) is 9.59 Å². The van der Waals surface area contributed by atoms with E-state index in [1.165, 1.54) is 0 Å². The lowest BCUT2D eigenvalue weighted by atomic mass is 10.4. The number of carbonyl (C=O) groups excluding carboxylic acids is 2. The Kier molecular flexibility index (Phi) is 1.35. The fourth-order valence-electron chi connectivity index (χ4n) is 0.367. The van der Waals surface area contributed by atoms with Gasteiger partial charge in [-0.3, -0.25) is 14.9 Å². The van der Waals surface area contributed by atoms with Gasteiger partial charge in [-0.05, 0) is 12.2 Å². The molecule has 4 nitrogen and oxygen atoms in total. The second-order valence-electron chi connectivity index (χ2n) is 1.38. The summed E-state index contributed by atoms with van der Waals surface area (Å²) in [5.41, 5.74) is 0. The minimum atomic E-state index is -0.713. The van der Waals surface area contributed by atoms with Gasteiger partial charge in [-0.2, -0.15) is 0 Å². The van der Waals surface area contributed by atoms with Gasteiger partial charge in [0.1, 0.15) is 0 Å². The van der Waals surface area contributed by atoms with Crippen molar-refractivity contribution in [3.05, 3.63) is 0 Å². The van der Waals surface area contributed by atoms with Crippen LogP contribution in [0.1, 0.15) is 0 Å². The maximum atomic E-state index is 10.4. The van der Waals surface area contributed by atoms with E-state index in [1.54, 1.807) is 0 Å². The molecule has 0 spiro atoms. The van der Waals surface area contributed by atoms with Crippen LogP contribution in [-0.4, -0.2) is 23.0 Å². The number of carbonyl (C=O) groups is 2. The molecule has 0 fully saturated rings. The maximum absolute atomic E-state index is 10.4. The zero-order valence-electron chi connectivity index (χ0n) is 4.25. The molecular formula is C4H2N2O2S. The SMILES string of the molecule is O=C1C=NC(=S)NC1=O. The molecule has 0 aliphatic carbocycles. The molecule has 0 aromatic heterocycles. The Labute approximate surface area is 56.0 Å². The van der Waals surface area contributed by atoms with Gasteiger partial charge in [-0.1, -0.05) is 0 Å². The Morgan fingerprint density at radius 1 is 1.56 bits per heavy atom. The Morgan fingerprint density at radius 3 is 2.67 bits per heavy atom. The monoisotopic (exact) mass is 142 g/mol. The van der Waals surface area contributed by atoms with Gasteiger partial charge in [0.25, 0.3) is 11.7 Å². The van der Waals surface area contributed by atoms with Crippen LogP contribution in [0.2, 0.25) is 0 Å². The van der Waals surface area contributed by atoms with Crippen molar-refractivity contribution in [2.24, 2.45) is 4.99 Å². The Bertz CT molecular complexity index is 221. The van der Waals surface area contributed by atoms with E-state index in [2.05, 4.69) is 22.5 Å². The van der Waals surface area contributed by atoms with Crippen molar-refractivity contribution in [2.75, 3.05) is 0 Å². The first-order chi connectivity index (χ1) is 4.20. The Morgan fingerprint density at radius 2 is 2.22 bits per heavy atom. The lowest BCUT2D eigenvalue weighted by molar-refractivity contribution is -0.133. The minimum Gasteiger partial charge on any atom is -0.294 e. The normalized spacial score (nSPS) is 18.0. The lowest BCUT2D eigenvalue weighted by Crippen LogP contribution is -2.38. The third-order valence-corrected chi connectivity index (χ3v) is 0.951. The molecule has 1 rings (SSSR count). The number of thiocarbonyl (C=S) groups is 1. The van der Waals surface area contributed by atoms with Crippen molar-refractivity contribution in [2.45, 2.75) is 0 Å². The van der Waals surface area contributed by atoms with E-state index in [-0.39, 0.29) is 5.11 Å². The molecule has 0 aromatic rings. The Hall–Kier alpha value is -1.10. The summed E-state index contributed by atoms with van der Waals surface area (Å²) < 4.78 is 0. The van der Waals surface area contributed by atoms with Crippen LogP contribution in [0.25, 0.3) is 0 Å². The number of hydrogen-bond donors (Lipinski definition) is 1. The highest BCUT2D eigenvalue weighted by Crippen LogP contribution is 1.82. The van der Waals surface area contributed by atoms with Crippen LogP contribution in [0.4, 0.5) is 0 Å². The summed E-state index contributed by atoms with van der Waals surface area (Å²) in [5, 5.41) is 2.12. The summed E-state index contributed by atoms with van der Waals surface area (Å²) in [6.07, 6.45) is 0.904. The van der Waals surface area contributed by atoms with Gasteiger partial charge in [-0.25, -0.2) is 4.99 Å². The van der Waals surface area contributed by atoms with Gasteiger partial charge < -0.3 is 0 Å². The van der Waals surface area contributed by atoms with Gasteiger partial charge >= 0.3 is 0 Å². The van der Waals surface area contributed by atoms with E-state index >= 15 is 0 Å². The molecule has 1 aliphatic heterocycles. The molecule has 0 bridgehead atoms. The third-order valence-electron chi connectivity index (χ3n) is 0.743. The molecule has 1 aliphatic rings. The zero-order valence-corrected chi connectivity index (χ0v) is 5.07. The molecule has 1 heterocycles. The molecule has 0 atom stereocenters. The Balaban J connectivity index is 2.89. The van der Waals surface area contributed by atoms with Crippen molar-refractivity contribution in [3.8, 4) is 0 Å². The largest absolute Gasteiger partial charge is 0.299 e. The number of Topliss-reactive ketones (excluding diaryl/α,β-unsaturated/α-hetero) is 1. The van der Waals surface area contributed by atoms with Crippen molar-refractivity contribution in [3.63, 3.8) is 0 Å². The van der Waals surface area contributed by atoms with E-state index in [4.69, 9.17) is 0 Å². The summed E-state index contributed by atoms with van der Waals surface area (Å²) in [5.74, 6) is -1.38. The average molecular weight is 142 g/mol. The lowest BCUT2D eigenvalue weighted by Gasteiger charge is -2.02. The molecule has 1 amide bonds. The van der Waals surface area contributed by atoms with E-state index in [0.29, 0.717) is 0 Å². The van der Waals surface area contributed by atoms with Crippen molar-refractivity contribution in [1.29, 1.82) is 0 Å². The summed E-state index contributed by atoms with van der Waals surface area (Å²) in [6, 6.07) is 0. The zero-order chi connectivity index (χ0) is 6.85. The first kappa shape index (κ1) is 6.03. The highest BCUT2D eigenvalue weighted by Gasteiger charge is 2.16. The third kappa shape index (κ3) is 1.17. The standard InChI is InChI=1S/C4H2N2O2S/c7-2-1-5-4(9)6-3(2)8/h1H,(H,6,8,9). The molecule has 1 N–H and O–H groups in total. The number of ketones is 1. The summed E-state index contributed by atoms with van der Waals surface area (Å²) in [4.78, 5) is 24.1. The van der Waals surface area contributed by atoms with Gasteiger partial charge in [0.15, 0.2) is 5.11 Å². The number of nitrogens with zero attached hydrogens (tertiary/aromatic N) is 1. The van der Waals surface area contributed by atoms with E-state index in [0.717, 1.165) is 6.21 Å². The fraction of sp³-hybridized carbons (Fsp3) is 0. The van der Waals surface area contributed by atoms with Crippen LogP contribution in [0, 0.1) is 0 Å². The number of hydrogen-bond acceptors (Lipinski definition) is 3. The van der Waals surface area contributed by atoms with Crippen LogP contribution in [0.15, 0.2) is 4.99 Å². The van der Waals surface area contributed by atoms with Gasteiger partial charge in [0.05, 0.1) is 6.21 Å². The van der Waals surface area contributed by atoms with Crippen molar-refractivity contribution in [1.82, 2.24) is 5.32 Å². The summed E-state index contributed by atoms with van der Waals surface area (Å²) in [6.45, 7) is 0. The molecule has 0 unspecified atom stereocenters. The maximum Gasteiger partial charge on any atom is 0.299 e.